The van der Waals surface area contributed by atoms with Gasteiger partial charge in [-0.3, -0.25) is 9.69 Å². The Morgan fingerprint density at radius 1 is 1.30 bits per heavy atom. The number of benzene rings is 1. The van der Waals surface area contributed by atoms with Crippen molar-refractivity contribution in [3.8, 4) is 0 Å². The van der Waals surface area contributed by atoms with E-state index in [1.807, 2.05) is 12.1 Å². The minimum absolute atomic E-state index is 0.0710. The van der Waals surface area contributed by atoms with Gasteiger partial charge >= 0.3 is 11.9 Å². The Labute approximate surface area is 118 Å². The lowest BCUT2D eigenvalue weighted by molar-refractivity contribution is -0.146. The van der Waals surface area contributed by atoms with E-state index in [2.05, 4.69) is 11.8 Å². The molecule has 1 aromatic rings. The van der Waals surface area contributed by atoms with Gasteiger partial charge < -0.3 is 9.84 Å². The van der Waals surface area contributed by atoms with E-state index in [1.165, 1.54) is 7.11 Å². The molecule has 2 rings (SSSR count). The number of likely N-dealkylation sites (tertiary alicyclic amines) is 1. The standard InChI is InChI=1S/C15H19NO4/c1-10-7-16(9-13(10)15(19)20-2)8-11-3-5-12(6-4-11)14(17)18/h3-6,10,13H,7-9H2,1-2H3,(H,17,18). The second-order valence-electron chi connectivity index (χ2n) is 5.30. The number of carboxylic acids is 1. The highest BCUT2D eigenvalue weighted by Crippen LogP contribution is 2.25. The van der Waals surface area contributed by atoms with E-state index in [4.69, 9.17) is 9.84 Å². The minimum Gasteiger partial charge on any atom is -0.478 e. The Kier molecular flexibility index (Phi) is 4.39. The van der Waals surface area contributed by atoms with Crippen LogP contribution in [0.4, 0.5) is 0 Å². The lowest BCUT2D eigenvalue weighted by Gasteiger charge is -2.15. The van der Waals surface area contributed by atoms with E-state index in [1.54, 1.807) is 12.1 Å². The van der Waals surface area contributed by atoms with Crippen molar-refractivity contribution in [2.75, 3.05) is 20.2 Å². The van der Waals surface area contributed by atoms with Gasteiger partial charge in [0.1, 0.15) is 0 Å². The molecule has 0 aliphatic carbocycles. The van der Waals surface area contributed by atoms with Crippen LogP contribution in [0.3, 0.4) is 0 Å². The molecule has 0 amide bonds. The van der Waals surface area contributed by atoms with Gasteiger partial charge in [-0.2, -0.15) is 0 Å². The number of rotatable bonds is 4. The van der Waals surface area contributed by atoms with Crippen molar-refractivity contribution in [3.05, 3.63) is 35.4 Å². The van der Waals surface area contributed by atoms with Gasteiger partial charge in [0.25, 0.3) is 0 Å². The number of nitrogens with zero attached hydrogens (tertiary/aromatic N) is 1. The molecule has 2 unspecified atom stereocenters. The van der Waals surface area contributed by atoms with E-state index < -0.39 is 5.97 Å². The summed E-state index contributed by atoms with van der Waals surface area (Å²) in [6.07, 6.45) is 0. The molecule has 5 nitrogen and oxygen atoms in total. The van der Waals surface area contributed by atoms with Crippen molar-refractivity contribution >= 4 is 11.9 Å². The number of aromatic carboxylic acids is 1. The zero-order valence-corrected chi connectivity index (χ0v) is 11.7. The molecule has 108 valence electrons. The van der Waals surface area contributed by atoms with Crippen LogP contribution < -0.4 is 0 Å². The average molecular weight is 277 g/mol. The Hall–Kier alpha value is -1.88. The van der Waals surface area contributed by atoms with E-state index in [0.29, 0.717) is 6.54 Å². The first-order chi connectivity index (χ1) is 9.51. The van der Waals surface area contributed by atoms with Gasteiger partial charge in [0.15, 0.2) is 0 Å². The Morgan fingerprint density at radius 2 is 1.95 bits per heavy atom. The number of carbonyl (C=O) groups is 2. The number of esters is 1. The highest BCUT2D eigenvalue weighted by molar-refractivity contribution is 5.87. The zero-order chi connectivity index (χ0) is 14.7. The molecule has 0 spiro atoms. The third kappa shape index (κ3) is 3.17. The summed E-state index contributed by atoms with van der Waals surface area (Å²) in [7, 11) is 1.42. The molecule has 1 aromatic carbocycles. The maximum atomic E-state index is 11.6. The second kappa shape index (κ2) is 6.05. The summed E-state index contributed by atoms with van der Waals surface area (Å²) in [6.45, 7) is 4.31. The first kappa shape index (κ1) is 14.5. The largest absolute Gasteiger partial charge is 0.478 e. The van der Waals surface area contributed by atoms with Crippen LogP contribution in [0.25, 0.3) is 0 Å². The van der Waals surface area contributed by atoms with Gasteiger partial charge in [-0.05, 0) is 23.6 Å². The second-order valence-corrected chi connectivity index (χ2v) is 5.30. The van der Waals surface area contributed by atoms with Crippen molar-refractivity contribution in [2.45, 2.75) is 13.5 Å². The number of carboxylic acid groups (broad SMARTS) is 1. The van der Waals surface area contributed by atoms with Crippen molar-refractivity contribution in [1.29, 1.82) is 0 Å². The fraction of sp³-hybridized carbons (Fsp3) is 0.467. The maximum Gasteiger partial charge on any atom is 0.335 e. The summed E-state index contributed by atoms with van der Waals surface area (Å²) in [5, 5.41) is 8.86. The third-order valence-electron chi connectivity index (χ3n) is 3.80. The number of methoxy groups -OCH3 is 1. The van der Waals surface area contributed by atoms with Crippen LogP contribution in [-0.2, 0) is 16.1 Å². The molecule has 1 aliphatic heterocycles. The molecule has 20 heavy (non-hydrogen) atoms. The molecule has 2 atom stereocenters. The van der Waals surface area contributed by atoms with Crippen molar-refractivity contribution in [3.63, 3.8) is 0 Å². The first-order valence-corrected chi connectivity index (χ1v) is 6.63. The monoisotopic (exact) mass is 277 g/mol. The smallest absolute Gasteiger partial charge is 0.335 e. The number of carbonyl (C=O) groups excluding carboxylic acids is 1. The van der Waals surface area contributed by atoms with Crippen molar-refractivity contribution in [1.82, 2.24) is 4.90 Å². The minimum atomic E-state index is -0.919. The zero-order valence-electron chi connectivity index (χ0n) is 11.7. The summed E-state index contributed by atoms with van der Waals surface area (Å²) in [5.74, 6) is -0.864. The van der Waals surface area contributed by atoms with Crippen LogP contribution >= 0.6 is 0 Å². The fourth-order valence-corrected chi connectivity index (χ4v) is 2.67. The van der Waals surface area contributed by atoms with Gasteiger partial charge in [-0.25, -0.2) is 4.79 Å². The molecule has 1 heterocycles. The van der Waals surface area contributed by atoms with Crippen LogP contribution in [0.2, 0.25) is 0 Å². The average Bonchev–Trinajstić information content (AvgIpc) is 2.79. The van der Waals surface area contributed by atoms with Crippen LogP contribution in [-0.4, -0.2) is 42.1 Å². The highest BCUT2D eigenvalue weighted by atomic mass is 16.5. The number of hydrogen-bond acceptors (Lipinski definition) is 4. The molecule has 5 heteroatoms. The van der Waals surface area contributed by atoms with Gasteiger partial charge in [-0.1, -0.05) is 19.1 Å². The number of hydrogen-bond donors (Lipinski definition) is 1. The Morgan fingerprint density at radius 3 is 2.50 bits per heavy atom. The van der Waals surface area contributed by atoms with Crippen LogP contribution in [0.15, 0.2) is 24.3 Å². The van der Waals surface area contributed by atoms with Crippen molar-refractivity contribution < 1.29 is 19.4 Å². The fourth-order valence-electron chi connectivity index (χ4n) is 2.67. The van der Waals surface area contributed by atoms with Crippen LogP contribution in [0.5, 0.6) is 0 Å². The van der Waals surface area contributed by atoms with E-state index >= 15 is 0 Å². The summed E-state index contributed by atoms with van der Waals surface area (Å²) in [4.78, 5) is 24.6. The molecule has 0 saturated carbocycles. The molecule has 0 aromatic heterocycles. The predicted octanol–water partition coefficient (Wildman–Crippen LogP) is 1.63. The van der Waals surface area contributed by atoms with Gasteiger partial charge in [0.2, 0.25) is 0 Å². The molecule has 1 aliphatic rings. The molecular weight excluding hydrogens is 258 g/mol. The quantitative estimate of drug-likeness (QED) is 0.847. The highest BCUT2D eigenvalue weighted by Gasteiger charge is 2.35. The normalized spacial score (nSPS) is 22.7. The topological polar surface area (TPSA) is 66.8 Å². The third-order valence-corrected chi connectivity index (χ3v) is 3.80. The molecule has 0 bridgehead atoms. The molecular formula is C15H19NO4. The lowest BCUT2D eigenvalue weighted by Crippen LogP contribution is -2.24. The molecule has 1 saturated heterocycles. The van der Waals surface area contributed by atoms with E-state index in [0.717, 1.165) is 18.7 Å². The maximum absolute atomic E-state index is 11.6. The van der Waals surface area contributed by atoms with Crippen LogP contribution in [0, 0.1) is 11.8 Å². The molecule has 1 fully saturated rings. The summed E-state index contributed by atoms with van der Waals surface area (Å²) in [6, 6.07) is 6.85. The lowest BCUT2D eigenvalue weighted by atomic mass is 9.99. The van der Waals surface area contributed by atoms with Gasteiger partial charge in [0.05, 0.1) is 18.6 Å². The van der Waals surface area contributed by atoms with Gasteiger partial charge in [-0.15, -0.1) is 0 Å². The van der Waals surface area contributed by atoms with Crippen LogP contribution in [0.1, 0.15) is 22.8 Å². The van der Waals surface area contributed by atoms with Crippen molar-refractivity contribution in [2.24, 2.45) is 11.8 Å². The Bertz CT molecular complexity index is 497. The first-order valence-electron chi connectivity index (χ1n) is 6.63. The Balaban J connectivity index is 1.97. The van der Waals surface area contributed by atoms with E-state index in [-0.39, 0.29) is 23.4 Å². The molecule has 0 radical (unpaired) electrons. The number of ether oxygens (including phenoxy) is 1. The predicted molar refractivity (Wildman–Crippen MR) is 73.3 cm³/mol. The summed E-state index contributed by atoms with van der Waals surface area (Å²) in [5.41, 5.74) is 1.34. The summed E-state index contributed by atoms with van der Waals surface area (Å²) >= 11 is 0. The van der Waals surface area contributed by atoms with E-state index in [9.17, 15) is 9.59 Å². The summed E-state index contributed by atoms with van der Waals surface area (Å²) < 4.78 is 4.81. The molecule has 1 N–H and O–H groups in total. The SMILES string of the molecule is COC(=O)C1CN(Cc2ccc(C(=O)O)cc2)CC1C. The van der Waals surface area contributed by atoms with Gasteiger partial charge in [0, 0.05) is 19.6 Å².